The van der Waals surface area contributed by atoms with Gasteiger partial charge in [-0.3, -0.25) is 9.69 Å². The Labute approximate surface area is 178 Å². The van der Waals surface area contributed by atoms with E-state index in [0.717, 1.165) is 37.7 Å². The van der Waals surface area contributed by atoms with E-state index in [1.54, 1.807) is 0 Å². The van der Waals surface area contributed by atoms with E-state index in [1.165, 1.54) is 16.2 Å². The molecule has 1 unspecified atom stereocenters. The number of benzene rings is 2. The summed E-state index contributed by atoms with van der Waals surface area (Å²) in [7, 11) is 0. The number of nitrogens with one attached hydrogen (secondary N) is 1. The lowest BCUT2D eigenvalue weighted by molar-refractivity contribution is 0.0753. The molecule has 0 fully saturated rings. The third-order valence-corrected chi connectivity index (χ3v) is 6.39. The fraction of sp³-hybridized carbons (Fsp3) is 0.250. The minimum Gasteiger partial charge on any atom is -0.465 e. The number of hydrogen-bond acceptors (Lipinski definition) is 3. The summed E-state index contributed by atoms with van der Waals surface area (Å²) in [5, 5.41) is 13.6. The van der Waals surface area contributed by atoms with Crippen molar-refractivity contribution in [2.75, 3.05) is 0 Å². The highest BCUT2D eigenvalue weighted by Gasteiger charge is 2.31. The van der Waals surface area contributed by atoms with Crippen LogP contribution >= 0.6 is 11.3 Å². The van der Waals surface area contributed by atoms with E-state index in [2.05, 4.69) is 11.1 Å². The van der Waals surface area contributed by atoms with Crippen LogP contribution in [0.2, 0.25) is 0 Å². The number of aromatic amines is 1. The molecule has 4 rings (SSSR count). The third kappa shape index (κ3) is 3.48. The second kappa shape index (κ2) is 7.29. The zero-order valence-corrected chi connectivity index (χ0v) is 18.2. The summed E-state index contributed by atoms with van der Waals surface area (Å²) >= 11 is 1.45. The van der Waals surface area contributed by atoms with Gasteiger partial charge in [0.05, 0.1) is 6.04 Å². The number of H-pyrrole nitrogens is 1. The van der Waals surface area contributed by atoms with Gasteiger partial charge in [-0.25, -0.2) is 4.79 Å². The molecular weight excluding hydrogens is 396 g/mol. The first-order valence-electron chi connectivity index (χ1n) is 9.82. The summed E-state index contributed by atoms with van der Waals surface area (Å²) in [6.45, 7) is 7.61. The highest BCUT2D eigenvalue weighted by atomic mass is 32.1. The van der Waals surface area contributed by atoms with Crippen LogP contribution in [0.1, 0.15) is 39.3 Å². The Morgan fingerprint density at radius 1 is 1.03 bits per heavy atom. The summed E-state index contributed by atoms with van der Waals surface area (Å²) in [5.74, 6) is 0. The van der Waals surface area contributed by atoms with Gasteiger partial charge in [0.25, 0.3) is 5.56 Å². The lowest BCUT2D eigenvalue weighted by atomic mass is 9.96. The molecule has 0 radical (unpaired) electrons. The maximum Gasteiger partial charge on any atom is 0.408 e. The molecule has 0 aliphatic carbocycles. The van der Waals surface area contributed by atoms with Crippen LogP contribution in [-0.4, -0.2) is 26.6 Å². The van der Waals surface area contributed by atoms with E-state index in [1.807, 2.05) is 75.5 Å². The number of carboxylic acid groups (broad SMARTS) is 1. The zero-order chi connectivity index (χ0) is 21.6. The van der Waals surface area contributed by atoms with Gasteiger partial charge in [-0.15, -0.1) is 11.3 Å². The monoisotopic (exact) mass is 420 g/mol. The van der Waals surface area contributed by atoms with E-state index in [-0.39, 0.29) is 11.6 Å². The van der Waals surface area contributed by atoms with Crippen LogP contribution in [-0.2, 0) is 0 Å². The van der Waals surface area contributed by atoms with Crippen molar-refractivity contribution in [2.45, 2.75) is 39.3 Å². The average Bonchev–Trinajstić information content (AvgIpc) is 3.17. The predicted octanol–water partition coefficient (Wildman–Crippen LogP) is 6.25. The standard InChI is InChI=1S/C24H24N2O3S/c1-14(26(23(28)29)24(2,3)4)15-5-7-16(8-6-15)17-9-10-20-19(13-17)18-11-12-30-21(18)22(27)25-20/h5-14H,1-4H3,(H,25,27)(H,28,29). The van der Waals surface area contributed by atoms with Gasteiger partial charge in [0.2, 0.25) is 0 Å². The summed E-state index contributed by atoms with van der Waals surface area (Å²) < 4.78 is 0.736. The molecule has 5 nitrogen and oxygen atoms in total. The summed E-state index contributed by atoms with van der Waals surface area (Å²) in [6, 6.07) is 15.8. The number of nitrogens with zero attached hydrogens (tertiary/aromatic N) is 1. The highest BCUT2D eigenvalue weighted by Crippen LogP contribution is 2.32. The van der Waals surface area contributed by atoms with Gasteiger partial charge in [0.1, 0.15) is 4.70 Å². The number of pyridine rings is 1. The molecule has 4 aromatic rings. The number of fused-ring (bicyclic) bond motifs is 3. The smallest absolute Gasteiger partial charge is 0.408 e. The van der Waals surface area contributed by atoms with Gasteiger partial charge in [-0.1, -0.05) is 30.3 Å². The molecule has 154 valence electrons. The Morgan fingerprint density at radius 2 is 1.70 bits per heavy atom. The van der Waals surface area contributed by atoms with Crippen LogP contribution in [0.4, 0.5) is 4.79 Å². The van der Waals surface area contributed by atoms with Crippen molar-refractivity contribution in [3.63, 3.8) is 0 Å². The minimum atomic E-state index is -0.928. The van der Waals surface area contributed by atoms with Gasteiger partial charge >= 0.3 is 6.09 Å². The molecule has 0 aliphatic heterocycles. The van der Waals surface area contributed by atoms with Crippen LogP contribution in [0.15, 0.2) is 58.7 Å². The molecule has 0 spiro atoms. The molecule has 0 saturated heterocycles. The zero-order valence-electron chi connectivity index (χ0n) is 17.4. The fourth-order valence-electron chi connectivity index (χ4n) is 4.07. The van der Waals surface area contributed by atoms with Crippen molar-refractivity contribution in [1.29, 1.82) is 0 Å². The van der Waals surface area contributed by atoms with Gasteiger partial charge in [-0.05, 0) is 68.0 Å². The van der Waals surface area contributed by atoms with Crippen molar-refractivity contribution in [2.24, 2.45) is 0 Å². The molecule has 2 heterocycles. The van der Waals surface area contributed by atoms with E-state index < -0.39 is 11.6 Å². The molecule has 0 saturated carbocycles. The Balaban J connectivity index is 1.72. The Bertz CT molecular complexity index is 1300. The lowest BCUT2D eigenvalue weighted by Crippen LogP contribution is -2.46. The predicted molar refractivity (Wildman–Crippen MR) is 123 cm³/mol. The summed E-state index contributed by atoms with van der Waals surface area (Å²) in [6.07, 6.45) is -0.928. The van der Waals surface area contributed by atoms with E-state index >= 15 is 0 Å². The number of rotatable bonds is 3. The molecule has 30 heavy (non-hydrogen) atoms. The normalized spacial score (nSPS) is 12.9. The molecule has 1 atom stereocenters. The van der Waals surface area contributed by atoms with Crippen LogP contribution in [0.25, 0.3) is 32.1 Å². The Hall–Kier alpha value is -3.12. The van der Waals surface area contributed by atoms with Crippen LogP contribution < -0.4 is 5.56 Å². The highest BCUT2D eigenvalue weighted by molar-refractivity contribution is 7.17. The van der Waals surface area contributed by atoms with Gasteiger partial charge in [0, 0.05) is 21.8 Å². The molecule has 0 aliphatic rings. The van der Waals surface area contributed by atoms with Gasteiger partial charge in [0.15, 0.2) is 0 Å². The number of aromatic nitrogens is 1. The van der Waals surface area contributed by atoms with Crippen molar-refractivity contribution >= 4 is 38.4 Å². The van der Waals surface area contributed by atoms with E-state index in [0.29, 0.717) is 0 Å². The van der Waals surface area contributed by atoms with Gasteiger partial charge in [-0.2, -0.15) is 0 Å². The number of hydrogen-bond donors (Lipinski definition) is 2. The molecule has 2 N–H and O–H groups in total. The van der Waals surface area contributed by atoms with Crippen LogP contribution in [0.3, 0.4) is 0 Å². The largest absolute Gasteiger partial charge is 0.465 e. The van der Waals surface area contributed by atoms with Crippen molar-refractivity contribution < 1.29 is 9.90 Å². The third-order valence-electron chi connectivity index (χ3n) is 5.47. The maximum absolute atomic E-state index is 12.2. The van der Waals surface area contributed by atoms with Crippen LogP contribution in [0.5, 0.6) is 0 Å². The quantitative estimate of drug-likeness (QED) is 0.411. The number of amides is 1. The first kappa shape index (κ1) is 20.2. The molecule has 2 aromatic heterocycles. The minimum absolute atomic E-state index is 0.0552. The Kier molecular flexibility index (Phi) is 4.90. The second-order valence-electron chi connectivity index (χ2n) is 8.50. The average molecular weight is 421 g/mol. The van der Waals surface area contributed by atoms with Crippen molar-refractivity contribution in [3.05, 3.63) is 69.8 Å². The number of thiophene rings is 1. The first-order valence-corrected chi connectivity index (χ1v) is 10.7. The van der Waals surface area contributed by atoms with E-state index in [4.69, 9.17) is 0 Å². The fourth-order valence-corrected chi connectivity index (χ4v) is 4.87. The number of carbonyl (C=O) groups is 1. The van der Waals surface area contributed by atoms with Crippen molar-refractivity contribution in [3.8, 4) is 11.1 Å². The SMILES string of the molecule is CC(c1ccc(-c2ccc3[nH]c(=O)c4sccc4c3c2)cc1)N(C(=O)O)C(C)(C)C. The Morgan fingerprint density at radius 3 is 2.33 bits per heavy atom. The molecule has 6 heteroatoms. The maximum atomic E-state index is 12.2. The molecule has 2 aromatic carbocycles. The lowest BCUT2D eigenvalue weighted by Gasteiger charge is -2.38. The first-order chi connectivity index (χ1) is 14.2. The van der Waals surface area contributed by atoms with Crippen molar-refractivity contribution in [1.82, 2.24) is 9.88 Å². The topological polar surface area (TPSA) is 73.4 Å². The molecular formula is C24H24N2O3S. The second-order valence-corrected chi connectivity index (χ2v) is 9.42. The van der Waals surface area contributed by atoms with E-state index in [9.17, 15) is 14.7 Å². The van der Waals surface area contributed by atoms with Crippen LogP contribution in [0, 0.1) is 0 Å². The molecule has 0 bridgehead atoms. The summed E-state index contributed by atoms with van der Waals surface area (Å²) in [5.41, 5.74) is 3.31. The summed E-state index contributed by atoms with van der Waals surface area (Å²) in [4.78, 5) is 28.4. The molecule has 1 amide bonds. The van der Waals surface area contributed by atoms with Gasteiger partial charge < -0.3 is 10.1 Å².